The quantitative estimate of drug-likeness (QED) is 0.555. The van der Waals surface area contributed by atoms with Crippen molar-refractivity contribution in [2.24, 2.45) is 7.05 Å². The Balaban J connectivity index is 2.51. The van der Waals surface area contributed by atoms with Gasteiger partial charge >= 0.3 is 0 Å². The molecular formula is C9H7Cl2N3. The number of hydrogen-bond donors (Lipinski definition) is 0. The van der Waals surface area contributed by atoms with Gasteiger partial charge in [-0.05, 0) is 17.7 Å². The molecule has 14 heavy (non-hydrogen) atoms. The highest BCUT2D eigenvalue weighted by molar-refractivity contribution is 6.32. The minimum Gasteiger partial charge on any atom is -0.357 e. The highest BCUT2D eigenvalue weighted by atomic mass is 35.5. The molecule has 0 radical (unpaired) electrons. The van der Waals surface area contributed by atoms with Crippen molar-refractivity contribution >= 4 is 23.2 Å². The first-order chi connectivity index (χ1) is 6.65. The molecule has 0 fully saturated rings. The lowest BCUT2D eigenvalue weighted by Gasteiger charge is -1.98. The van der Waals surface area contributed by atoms with Gasteiger partial charge in [-0.3, -0.25) is 0 Å². The van der Waals surface area contributed by atoms with Crippen molar-refractivity contribution in [2.45, 2.75) is 0 Å². The van der Waals surface area contributed by atoms with E-state index in [-0.39, 0.29) is 5.28 Å². The summed E-state index contributed by atoms with van der Waals surface area (Å²) in [6.07, 6.45) is 3.87. The zero-order valence-corrected chi connectivity index (χ0v) is 8.92. The number of hydrogen-bond acceptors (Lipinski definition) is 2. The molecule has 0 aliphatic rings. The third kappa shape index (κ3) is 1.89. The molecule has 2 rings (SSSR count). The largest absolute Gasteiger partial charge is 0.357 e. The number of halogens is 2. The van der Waals surface area contributed by atoms with E-state index in [0.717, 1.165) is 11.3 Å². The normalized spacial score (nSPS) is 10.5. The first-order valence-electron chi connectivity index (χ1n) is 3.97. The van der Waals surface area contributed by atoms with Gasteiger partial charge in [0.15, 0.2) is 0 Å². The Morgan fingerprint density at radius 1 is 1.29 bits per heavy atom. The SMILES string of the molecule is Cn1ccc(-c2cc(Cl)nc(Cl)n2)c1. The third-order valence-electron chi connectivity index (χ3n) is 1.80. The van der Waals surface area contributed by atoms with Crippen LogP contribution in [0.25, 0.3) is 11.3 Å². The highest BCUT2D eigenvalue weighted by Gasteiger charge is 2.04. The summed E-state index contributed by atoms with van der Waals surface area (Å²) in [4.78, 5) is 7.85. The van der Waals surface area contributed by atoms with Gasteiger partial charge in [-0.1, -0.05) is 11.6 Å². The summed E-state index contributed by atoms with van der Waals surface area (Å²) < 4.78 is 1.93. The van der Waals surface area contributed by atoms with Crippen LogP contribution in [-0.2, 0) is 7.05 Å². The van der Waals surface area contributed by atoms with Gasteiger partial charge in [-0.15, -0.1) is 0 Å². The molecule has 0 unspecified atom stereocenters. The summed E-state index contributed by atoms with van der Waals surface area (Å²) in [5.41, 5.74) is 1.70. The minimum absolute atomic E-state index is 0.163. The molecule has 2 aromatic rings. The van der Waals surface area contributed by atoms with Crippen LogP contribution in [0.2, 0.25) is 10.4 Å². The number of aromatic nitrogens is 3. The van der Waals surface area contributed by atoms with Crippen LogP contribution in [0.1, 0.15) is 0 Å². The number of aryl methyl sites for hydroxylation is 1. The van der Waals surface area contributed by atoms with E-state index in [9.17, 15) is 0 Å². The molecule has 72 valence electrons. The Morgan fingerprint density at radius 2 is 2.07 bits per heavy atom. The molecule has 0 aromatic carbocycles. The minimum atomic E-state index is 0.163. The molecule has 2 heterocycles. The van der Waals surface area contributed by atoms with Gasteiger partial charge in [0, 0.05) is 31.1 Å². The Kier molecular flexibility index (Phi) is 2.44. The maximum atomic E-state index is 5.76. The lowest BCUT2D eigenvalue weighted by Crippen LogP contribution is -1.87. The van der Waals surface area contributed by atoms with E-state index in [0.29, 0.717) is 5.15 Å². The van der Waals surface area contributed by atoms with Gasteiger partial charge in [0.25, 0.3) is 0 Å². The smallest absolute Gasteiger partial charge is 0.224 e. The molecule has 0 aliphatic carbocycles. The van der Waals surface area contributed by atoms with Crippen molar-refractivity contribution in [3.05, 3.63) is 35.0 Å². The fourth-order valence-corrected chi connectivity index (χ4v) is 1.60. The van der Waals surface area contributed by atoms with Crippen molar-refractivity contribution in [1.29, 1.82) is 0 Å². The molecule has 0 spiro atoms. The summed E-state index contributed by atoms with van der Waals surface area (Å²) in [5, 5.41) is 0.514. The van der Waals surface area contributed by atoms with Gasteiger partial charge < -0.3 is 4.57 Å². The first kappa shape index (κ1) is 9.49. The van der Waals surface area contributed by atoms with Gasteiger partial charge in [0.1, 0.15) is 5.15 Å². The van der Waals surface area contributed by atoms with Gasteiger partial charge in [-0.25, -0.2) is 9.97 Å². The maximum Gasteiger partial charge on any atom is 0.224 e. The average Bonchev–Trinajstić information content (AvgIpc) is 2.50. The molecule has 0 saturated carbocycles. The Labute approximate surface area is 91.3 Å². The molecule has 0 amide bonds. The Morgan fingerprint density at radius 3 is 2.64 bits per heavy atom. The van der Waals surface area contributed by atoms with Gasteiger partial charge in [-0.2, -0.15) is 0 Å². The Hall–Kier alpha value is -1.06. The molecule has 0 N–H and O–H groups in total. The average molecular weight is 228 g/mol. The van der Waals surface area contributed by atoms with E-state index >= 15 is 0 Å². The van der Waals surface area contributed by atoms with E-state index in [1.54, 1.807) is 6.07 Å². The molecule has 0 aliphatic heterocycles. The molecule has 3 nitrogen and oxygen atoms in total. The summed E-state index contributed by atoms with van der Waals surface area (Å²) >= 11 is 11.5. The lowest BCUT2D eigenvalue weighted by atomic mass is 10.2. The second-order valence-electron chi connectivity index (χ2n) is 2.91. The summed E-state index contributed by atoms with van der Waals surface area (Å²) in [5.74, 6) is 0. The van der Waals surface area contributed by atoms with E-state index in [1.807, 2.05) is 30.1 Å². The van der Waals surface area contributed by atoms with E-state index in [2.05, 4.69) is 9.97 Å². The molecule has 0 atom stereocenters. The lowest BCUT2D eigenvalue weighted by molar-refractivity contribution is 0.928. The van der Waals surface area contributed by atoms with Crippen molar-refractivity contribution in [2.75, 3.05) is 0 Å². The van der Waals surface area contributed by atoms with Gasteiger partial charge in [0.05, 0.1) is 5.69 Å². The van der Waals surface area contributed by atoms with Crippen LogP contribution in [0.3, 0.4) is 0 Å². The first-order valence-corrected chi connectivity index (χ1v) is 4.73. The van der Waals surface area contributed by atoms with Crippen molar-refractivity contribution < 1.29 is 0 Å². The number of nitrogens with zero attached hydrogens (tertiary/aromatic N) is 3. The molecule has 0 bridgehead atoms. The van der Waals surface area contributed by atoms with Gasteiger partial charge in [0.2, 0.25) is 5.28 Å². The molecule has 0 saturated heterocycles. The topological polar surface area (TPSA) is 30.7 Å². The fourth-order valence-electron chi connectivity index (χ4n) is 1.19. The van der Waals surface area contributed by atoms with Crippen molar-refractivity contribution in [3.63, 3.8) is 0 Å². The number of rotatable bonds is 1. The van der Waals surface area contributed by atoms with Crippen LogP contribution in [0.5, 0.6) is 0 Å². The molecule has 2 aromatic heterocycles. The van der Waals surface area contributed by atoms with Crippen molar-refractivity contribution in [3.8, 4) is 11.3 Å². The zero-order valence-electron chi connectivity index (χ0n) is 7.41. The van der Waals surface area contributed by atoms with Crippen LogP contribution in [0.15, 0.2) is 24.5 Å². The fraction of sp³-hybridized carbons (Fsp3) is 0.111. The monoisotopic (exact) mass is 227 g/mol. The Bertz CT molecular complexity index is 445. The van der Waals surface area contributed by atoms with E-state index in [1.165, 1.54) is 0 Å². The van der Waals surface area contributed by atoms with Crippen LogP contribution in [0.4, 0.5) is 0 Å². The molecular weight excluding hydrogens is 221 g/mol. The third-order valence-corrected chi connectivity index (χ3v) is 2.16. The highest BCUT2D eigenvalue weighted by Crippen LogP contribution is 2.21. The maximum absolute atomic E-state index is 5.76. The van der Waals surface area contributed by atoms with Crippen LogP contribution in [-0.4, -0.2) is 14.5 Å². The van der Waals surface area contributed by atoms with E-state index < -0.39 is 0 Å². The predicted octanol–water partition coefficient (Wildman–Crippen LogP) is 2.79. The van der Waals surface area contributed by atoms with Crippen LogP contribution >= 0.6 is 23.2 Å². The summed E-state index contributed by atoms with van der Waals surface area (Å²) in [7, 11) is 1.94. The van der Waals surface area contributed by atoms with E-state index in [4.69, 9.17) is 23.2 Å². The standard InChI is InChI=1S/C9H7Cl2N3/c1-14-3-2-6(5-14)7-4-8(10)13-9(11)12-7/h2-5H,1H3. The van der Waals surface area contributed by atoms with Crippen LogP contribution in [0, 0.1) is 0 Å². The zero-order chi connectivity index (χ0) is 10.1. The second-order valence-corrected chi connectivity index (χ2v) is 3.64. The molecule has 5 heteroatoms. The summed E-state index contributed by atoms with van der Waals surface area (Å²) in [6, 6.07) is 3.62. The summed E-state index contributed by atoms with van der Waals surface area (Å²) in [6.45, 7) is 0. The van der Waals surface area contributed by atoms with Crippen molar-refractivity contribution in [1.82, 2.24) is 14.5 Å². The van der Waals surface area contributed by atoms with Crippen LogP contribution < -0.4 is 0 Å². The predicted molar refractivity (Wildman–Crippen MR) is 56.5 cm³/mol. The second kappa shape index (κ2) is 3.59.